The standard InChI is InChI=1S/C22H24ClN5OS/c1-15-8-9-18(13-19(15)23)24-21(29)28-11-10-27(14-16(28)2)22-25-20(26-30-22)12-17-6-4-3-5-7-17/h3-9,13,16H,10-12,14H2,1-2H3,(H,24,29). The maximum Gasteiger partial charge on any atom is 0.322 e. The maximum absolute atomic E-state index is 12.8. The first-order chi connectivity index (χ1) is 14.5. The molecule has 3 aromatic rings. The summed E-state index contributed by atoms with van der Waals surface area (Å²) in [5, 5.41) is 4.52. The van der Waals surface area contributed by atoms with E-state index >= 15 is 0 Å². The minimum absolute atomic E-state index is 0.0566. The number of carbonyl (C=O) groups excluding carboxylic acids is 1. The number of piperazine rings is 1. The van der Waals surface area contributed by atoms with E-state index in [0.717, 1.165) is 36.0 Å². The molecule has 6 nitrogen and oxygen atoms in total. The number of nitrogens with zero attached hydrogens (tertiary/aromatic N) is 4. The van der Waals surface area contributed by atoms with E-state index in [1.54, 1.807) is 6.07 Å². The number of aryl methyl sites for hydroxylation is 1. The highest BCUT2D eigenvalue weighted by molar-refractivity contribution is 7.09. The number of anilines is 2. The molecule has 2 heterocycles. The number of benzene rings is 2. The first kappa shape index (κ1) is 20.6. The van der Waals surface area contributed by atoms with E-state index < -0.39 is 0 Å². The van der Waals surface area contributed by atoms with Crippen LogP contribution in [0.1, 0.15) is 23.9 Å². The first-order valence-corrected chi connectivity index (χ1v) is 11.1. The van der Waals surface area contributed by atoms with E-state index in [2.05, 4.69) is 33.6 Å². The number of urea groups is 1. The predicted molar refractivity (Wildman–Crippen MR) is 123 cm³/mol. The highest BCUT2D eigenvalue weighted by atomic mass is 35.5. The quantitative estimate of drug-likeness (QED) is 0.629. The molecule has 4 rings (SSSR count). The summed E-state index contributed by atoms with van der Waals surface area (Å²) < 4.78 is 4.52. The van der Waals surface area contributed by atoms with Crippen LogP contribution in [0.5, 0.6) is 0 Å². The van der Waals surface area contributed by atoms with Gasteiger partial charge in [0.2, 0.25) is 5.13 Å². The summed E-state index contributed by atoms with van der Waals surface area (Å²) in [6.45, 7) is 6.07. The van der Waals surface area contributed by atoms with Crippen molar-refractivity contribution in [2.24, 2.45) is 0 Å². The zero-order valence-electron chi connectivity index (χ0n) is 17.0. The molecule has 0 spiro atoms. The van der Waals surface area contributed by atoms with Gasteiger partial charge in [0.1, 0.15) is 5.82 Å². The maximum atomic E-state index is 12.8. The van der Waals surface area contributed by atoms with Crippen molar-refractivity contribution in [3.05, 3.63) is 70.5 Å². The lowest BCUT2D eigenvalue weighted by Crippen LogP contribution is -2.55. The number of carbonyl (C=O) groups is 1. The van der Waals surface area contributed by atoms with E-state index in [-0.39, 0.29) is 12.1 Å². The van der Waals surface area contributed by atoms with Crippen molar-refractivity contribution in [2.75, 3.05) is 29.9 Å². The molecule has 1 unspecified atom stereocenters. The summed E-state index contributed by atoms with van der Waals surface area (Å²) >= 11 is 7.59. The lowest BCUT2D eigenvalue weighted by Gasteiger charge is -2.39. The number of hydrogen-bond acceptors (Lipinski definition) is 5. The van der Waals surface area contributed by atoms with Crippen molar-refractivity contribution in [3.8, 4) is 0 Å². The highest BCUT2D eigenvalue weighted by Gasteiger charge is 2.29. The van der Waals surface area contributed by atoms with Crippen LogP contribution in [0.2, 0.25) is 5.02 Å². The van der Waals surface area contributed by atoms with E-state index in [1.165, 1.54) is 17.1 Å². The van der Waals surface area contributed by atoms with Crippen LogP contribution in [-0.4, -0.2) is 46.0 Å². The zero-order valence-corrected chi connectivity index (χ0v) is 18.6. The number of hydrogen-bond donors (Lipinski definition) is 1. The zero-order chi connectivity index (χ0) is 21.1. The lowest BCUT2D eigenvalue weighted by molar-refractivity contribution is 0.185. The van der Waals surface area contributed by atoms with Crippen LogP contribution in [0.25, 0.3) is 0 Å². The van der Waals surface area contributed by atoms with Crippen LogP contribution in [0, 0.1) is 6.92 Å². The van der Waals surface area contributed by atoms with Gasteiger partial charge in [-0.25, -0.2) is 9.78 Å². The molecule has 0 saturated carbocycles. The summed E-state index contributed by atoms with van der Waals surface area (Å²) in [4.78, 5) is 21.5. The van der Waals surface area contributed by atoms with Crippen molar-refractivity contribution >= 4 is 40.0 Å². The molecule has 8 heteroatoms. The molecule has 1 N–H and O–H groups in total. The third-order valence-corrected chi connectivity index (χ3v) is 6.47. The first-order valence-electron chi connectivity index (χ1n) is 9.95. The van der Waals surface area contributed by atoms with Gasteiger partial charge >= 0.3 is 6.03 Å². The smallest absolute Gasteiger partial charge is 0.322 e. The Kier molecular flexibility index (Phi) is 6.20. The van der Waals surface area contributed by atoms with Gasteiger partial charge in [0, 0.05) is 54.3 Å². The van der Waals surface area contributed by atoms with Gasteiger partial charge in [0.15, 0.2) is 0 Å². The second-order valence-corrected chi connectivity index (χ2v) is 8.68. The van der Waals surface area contributed by atoms with Gasteiger partial charge in [-0.05, 0) is 37.1 Å². The third-order valence-electron chi connectivity index (χ3n) is 5.24. The monoisotopic (exact) mass is 441 g/mol. The summed E-state index contributed by atoms with van der Waals surface area (Å²) in [5.41, 5.74) is 2.90. The van der Waals surface area contributed by atoms with Gasteiger partial charge in [0.05, 0.1) is 0 Å². The van der Waals surface area contributed by atoms with Crippen molar-refractivity contribution < 1.29 is 4.79 Å². The Labute approximate surface area is 185 Å². The fourth-order valence-electron chi connectivity index (χ4n) is 3.52. The largest absolute Gasteiger partial charge is 0.343 e. The van der Waals surface area contributed by atoms with Crippen LogP contribution in [0.4, 0.5) is 15.6 Å². The van der Waals surface area contributed by atoms with Gasteiger partial charge < -0.3 is 15.1 Å². The molecule has 30 heavy (non-hydrogen) atoms. The molecule has 1 aliphatic heterocycles. The Morgan fingerprint density at radius 1 is 1.23 bits per heavy atom. The molecule has 2 aromatic carbocycles. The molecule has 2 amide bonds. The minimum Gasteiger partial charge on any atom is -0.343 e. The lowest BCUT2D eigenvalue weighted by atomic mass is 10.1. The number of halogens is 1. The van der Waals surface area contributed by atoms with Gasteiger partial charge in [-0.15, -0.1) is 0 Å². The Morgan fingerprint density at radius 3 is 2.77 bits per heavy atom. The van der Waals surface area contributed by atoms with E-state index in [4.69, 9.17) is 16.6 Å². The number of nitrogens with one attached hydrogen (secondary N) is 1. The summed E-state index contributed by atoms with van der Waals surface area (Å²) in [7, 11) is 0. The van der Waals surface area contributed by atoms with Gasteiger partial charge in [-0.2, -0.15) is 4.37 Å². The van der Waals surface area contributed by atoms with Crippen molar-refractivity contribution in [1.82, 2.24) is 14.3 Å². The predicted octanol–water partition coefficient (Wildman–Crippen LogP) is 4.83. The third kappa shape index (κ3) is 4.74. The van der Waals surface area contributed by atoms with Crippen molar-refractivity contribution in [1.29, 1.82) is 0 Å². The van der Waals surface area contributed by atoms with Crippen LogP contribution < -0.4 is 10.2 Å². The number of amides is 2. The molecule has 0 bridgehead atoms. The topological polar surface area (TPSA) is 61.4 Å². The molecule has 1 aliphatic rings. The molecule has 0 aliphatic carbocycles. The normalized spacial score (nSPS) is 16.6. The van der Waals surface area contributed by atoms with Crippen LogP contribution in [-0.2, 0) is 6.42 Å². The Hall–Kier alpha value is -2.64. The summed E-state index contributed by atoms with van der Waals surface area (Å²) in [6, 6.07) is 15.7. The van der Waals surface area contributed by atoms with E-state index in [0.29, 0.717) is 17.3 Å². The molecule has 1 saturated heterocycles. The highest BCUT2D eigenvalue weighted by Crippen LogP contribution is 2.24. The molecule has 156 valence electrons. The second kappa shape index (κ2) is 9.02. The molecular weight excluding hydrogens is 418 g/mol. The van der Waals surface area contributed by atoms with Gasteiger partial charge in [0.25, 0.3) is 0 Å². The molecular formula is C22H24ClN5OS. The summed E-state index contributed by atoms with van der Waals surface area (Å²) in [5.74, 6) is 0.838. The summed E-state index contributed by atoms with van der Waals surface area (Å²) in [6.07, 6.45) is 0.731. The second-order valence-electron chi connectivity index (χ2n) is 7.54. The molecule has 1 fully saturated rings. The average Bonchev–Trinajstić information content (AvgIpc) is 3.20. The molecule has 1 aromatic heterocycles. The van der Waals surface area contributed by atoms with Crippen molar-refractivity contribution in [3.63, 3.8) is 0 Å². The minimum atomic E-state index is -0.107. The average molecular weight is 442 g/mol. The van der Waals surface area contributed by atoms with Gasteiger partial charge in [-0.1, -0.05) is 48.0 Å². The number of aromatic nitrogens is 2. The van der Waals surface area contributed by atoms with Crippen LogP contribution >= 0.6 is 23.1 Å². The Morgan fingerprint density at radius 2 is 2.03 bits per heavy atom. The van der Waals surface area contributed by atoms with E-state index in [1.807, 2.05) is 42.2 Å². The van der Waals surface area contributed by atoms with Crippen LogP contribution in [0.3, 0.4) is 0 Å². The SMILES string of the molecule is Cc1ccc(NC(=O)N2CCN(c3nc(Cc4ccccc4)ns3)CC2C)cc1Cl. The fraction of sp³-hybridized carbons (Fsp3) is 0.318. The Bertz CT molecular complexity index is 1030. The molecule has 0 radical (unpaired) electrons. The molecule has 1 atom stereocenters. The van der Waals surface area contributed by atoms with Gasteiger partial charge in [-0.3, -0.25) is 0 Å². The fourth-order valence-corrected chi connectivity index (χ4v) is 4.42. The Balaban J connectivity index is 1.36. The van der Waals surface area contributed by atoms with Crippen LogP contribution in [0.15, 0.2) is 48.5 Å². The van der Waals surface area contributed by atoms with E-state index in [9.17, 15) is 4.79 Å². The number of rotatable bonds is 4. The van der Waals surface area contributed by atoms with Crippen molar-refractivity contribution in [2.45, 2.75) is 26.3 Å².